The number of hydrogen-bond donors (Lipinski definition) is 0. The number of carbonyl (C=O) groups excluding carboxylic acids is 2. The first-order chi connectivity index (χ1) is 24.1. The van der Waals surface area contributed by atoms with Gasteiger partial charge < -0.3 is 33.5 Å². The van der Waals surface area contributed by atoms with E-state index in [0.717, 1.165) is 49.7 Å². The Morgan fingerprint density at radius 1 is 0.800 bits per heavy atom. The maximum atomic E-state index is 15.1. The lowest BCUT2D eigenvalue weighted by molar-refractivity contribution is -0.155. The zero-order valence-corrected chi connectivity index (χ0v) is 29.9. The fourth-order valence-corrected chi connectivity index (χ4v) is 8.76. The summed E-state index contributed by atoms with van der Waals surface area (Å²) in [6.45, 7) is 3.54. The molecule has 3 aliphatic rings. The van der Waals surface area contributed by atoms with Gasteiger partial charge in [0.25, 0.3) is 15.9 Å². The average molecular weight is 709 g/mol. The molecule has 3 aliphatic heterocycles. The summed E-state index contributed by atoms with van der Waals surface area (Å²) in [5, 5.41) is 0. The Balaban J connectivity index is 1.46. The van der Waals surface area contributed by atoms with Crippen LogP contribution in [0.5, 0.6) is 23.0 Å². The van der Waals surface area contributed by atoms with Crippen molar-refractivity contribution >= 4 is 27.5 Å². The number of rotatable bonds is 11. The van der Waals surface area contributed by atoms with Gasteiger partial charge in [0, 0.05) is 49.9 Å². The number of methoxy groups -OCH3 is 4. The number of piperidine rings is 1. The predicted molar refractivity (Wildman–Crippen MR) is 185 cm³/mol. The van der Waals surface area contributed by atoms with E-state index >= 15 is 4.79 Å². The highest BCUT2D eigenvalue weighted by Crippen LogP contribution is 2.52. The highest BCUT2D eigenvalue weighted by Gasteiger charge is 2.59. The first kappa shape index (κ1) is 35.5. The van der Waals surface area contributed by atoms with Gasteiger partial charge in [-0.15, -0.1) is 0 Å². The second-order valence-electron chi connectivity index (χ2n) is 12.5. The molecule has 3 heterocycles. The van der Waals surface area contributed by atoms with E-state index < -0.39 is 28.1 Å². The quantitative estimate of drug-likeness (QED) is 0.291. The molecule has 2 atom stereocenters. The standard InChI is InChI=1S/C36H44N4O9S/c1-37-18-20-38(21-19-37)33-12-8-9-17-39(33)34(41)24-49-36(27-10-6-7-11-30(27)47-4)28-22-25(45-2)13-15-29(28)40(35(36)42)50(43,44)32-16-14-26(46-3)23-31(32)48-5/h6-7,10-11,13-16,22-23,33H,8-9,12,17-21,24H2,1-5H3. The molecular weight excluding hydrogens is 664 g/mol. The van der Waals surface area contributed by atoms with Crippen molar-refractivity contribution in [3.05, 3.63) is 71.8 Å². The summed E-state index contributed by atoms with van der Waals surface area (Å²) in [7, 11) is 3.16. The van der Waals surface area contributed by atoms with Crippen LogP contribution in [0.2, 0.25) is 0 Å². The summed E-state index contributed by atoms with van der Waals surface area (Å²) in [4.78, 5) is 35.6. The largest absolute Gasteiger partial charge is 0.497 e. The van der Waals surface area contributed by atoms with Crippen LogP contribution < -0.4 is 23.3 Å². The Morgan fingerprint density at radius 2 is 1.48 bits per heavy atom. The lowest BCUT2D eigenvalue weighted by Gasteiger charge is -2.45. The Hall–Kier alpha value is -4.37. The highest BCUT2D eigenvalue weighted by atomic mass is 32.2. The van der Waals surface area contributed by atoms with E-state index in [9.17, 15) is 13.2 Å². The second-order valence-corrected chi connectivity index (χ2v) is 14.3. The molecule has 2 amide bonds. The molecule has 6 rings (SSSR count). The first-order valence-corrected chi connectivity index (χ1v) is 18.0. The Kier molecular flexibility index (Phi) is 10.3. The van der Waals surface area contributed by atoms with Crippen LogP contribution in [0.1, 0.15) is 30.4 Å². The smallest absolute Gasteiger partial charge is 0.282 e. The minimum absolute atomic E-state index is 0.0156. The molecule has 268 valence electrons. The van der Waals surface area contributed by atoms with Gasteiger partial charge in [0.2, 0.25) is 11.5 Å². The summed E-state index contributed by atoms with van der Waals surface area (Å²) < 4.78 is 58.6. The van der Waals surface area contributed by atoms with Crippen molar-refractivity contribution in [2.45, 2.75) is 35.9 Å². The van der Waals surface area contributed by atoms with E-state index in [4.69, 9.17) is 23.7 Å². The number of nitrogens with zero attached hydrogens (tertiary/aromatic N) is 4. The van der Waals surface area contributed by atoms with Gasteiger partial charge in [-0.25, -0.2) is 8.42 Å². The third-order valence-corrected chi connectivity index (χ3v) is 11.6. The lowest BCUT2D eigenvalue weighted by Crippen LogP contribution is -2.59. The van der Waals surface area contributed by atoms with E-state index in [1.807, 2.05) is 4.90 Å². The van der Waals surface area contributed by atoms with E-state index in [-0.39, 0.29) is 45.3 Å². The van der Waals surface area contributed by atoms with Gasteiger partial charge in [0.15, 0.2) is 0 Å². The van der Waals surface area contributed by atoms with Crippen LogP contribution in [0.25, 0.3) is 0 Å². The van der Waals surface area contributed by atoms with Crippen LogP contribution >= 0.6 is 0 Å². The van der Waals surface area contributed by atoms with E-state index in [1.165, 1.54) is 52.7 Å². The summed E-state index contributed by atoms with van der Waals surface area (Å²) in [6, 6.07) is 15.6. The molecule has 3 aromatic rings. The number of para-hydroxylation sites is 1. The van der Waals surface area contributed by atoms with Gasteiger partial charge in [-0.2, -0.15) is 4.31 Å². The summed E-state index contributed by atoms with van der Waals surface area (Å²) >= 11 is 0. The van der Waals surface area contributed by atoms with Crippen molar-refractivity contribution in [1.29, 1.82) is 0 Å². The number of likely N-dealkylation sites (N-methyl/N-ethyl adjacent to an activating group) is 1. The summed E-state index contributed by atoms with van der Waals surface area (Å²) in [5.74, 6) is -0.243. The van der Waals surface area contributed by atoms with Gasteiger partial charge in [-0.05, 0) is 62.7 Å². The fraction of sp³-hybridized carbons (Fsp3) is 0.444. The molecule has 0 saturated carbocycles. The van der Waals surface area contributed by atoms with Crippen LogP contribution in [0.4, 0.5) is 5.69 Å². The SMILES string of the molecule is COc1ccc(S(=O)(=O)N2C(=O)C(OCC(=O)N3CCCCC3N3CCN(C)CC3)(c3ccccc3OC)c3cc(OC)ccc32)c(OC)c1. The van der Waals surface area contributed by atoms with Crippen LogP contribution in [-0.2, 0) is 30.0 Å². The van der Waals surface area contributed by atoms with E-state index in [2.05, 4.69) is 16.8 Å². The monoisotopic (exact) mass is 708 g/mol. The number of carbonyl (C=O) groups is 2. The first-order valence-electron chi connectivity index (χ1n) is 16.6. The average Bonchev–Trinajstić information content (AvgIpc) is 3.41. The number of ether oxygens (including phenoxy) is 5. The van der Waals surface area contributed by atoms with Crippen molar-refractivity contribution in [3.8, 4) is 23.0 Å². The maximum absolute atomic E-state index is 15.1. The predicted octanol–water partition coefficient (Wildman–Crippen LogP) is 3.30. The molecule has 14 heteroatoms. The van der Waals surface area contributed by atoms with Gasteiger partial charge in [0.1, 0.15) is 34.5 Å². The molecule has 3 aromatic carbocycles. The van der Waals surface area contributed by atoms with Crippen molar-refractivity contribution in [2.24, 2.45) is 0 Å². The number of benzene rings is 3. The van der Waals surface area contributed by atoms with Gasteiger partial charge in [-0.1, -0.05) is 18.2 Å². The van der Waals surface area contributed by atoms with Gasteiger partial charge in [0.05, 0.1) is 40.3 Å². The highest BCUT2D eigenvalue weighted by molar-refractivity contribution is 7.93. The van der Waals surface area contributed by atoms with Crippen LogP contribution in [-0.4, -0.2) is 116 Å². The topological polar surface area (TPSA) is 127 Å². The van der Waals surface area contributed by atoms with E-state index in [0.29, 0.717) is 18.0 Å². The molecule has 2 unspecified atom stereocenters. The van der Waals surface area contributed by atoms with Crippen molar-refractivity contribution in [3.63, 3.8) is 0 Å². The lowest BCUT2D eigenvalue weighted by atomic mass is 9.86. The molecule has 0 N–H and O–H groups in total. The molecule has 2 saturated heterocycles. The number of likely N-dealkylation sites (tertiary alicyclic amines) is 1. The Labute approximate surface area is 293 Å². The Morgan fingerprint density at radius 3 is 2.18 bits per heavy atom. The number of piperazine rings is 1. The van der Waals surface area contributed by atoms with Crippen molar-refractivity contribution < 1.29 is 41.7 Å². The van der Waals surface area contributed by atoms with Crippen molar-refractivity contribution in [2.75, 3.05) is 79.1 Å². The number of amides is 2. The number of fused-ring (bicyclic) bond motifs is 1. The number of hydrogen-bond acceptors (Lipinski definition) is 11. The summed E-state index contributed by atoms with van der Waals surface area (Å²) in [5.41, 5.74) is -1.65. The molecule has 0 aromatic heterocycles. The van der Waals surface area contributed by atoms with E-state index in [1.54, 1.807) is 36.4 Å². The molecule has 50 heavy (non-hydrogen) atoms. The number of sulfonamides is 1. The molecule has 13 nitrogen and oxygen atoms in total. The second kappa shape index (κ2) is 14.5. The number of anilines is 1. The third kappa shape index (κ3) is 6.14. The molecule has 0 radical (unpaired) electrons. The Bertz CT molecular complexity index is 1850. The summed E-state index contributed by atoms with van der Waals surface area (Å²) in [6.07, 6.45) is 2.59. The van der Waals surface area contributed by atoms with Crippen LogP contribution in [0.15, 0.2) is 65.6 Å². The molecule has 0 bridgehead atoms. The van der Waals surface area contributed by atoms with Gasteiger partial charge in [-0.3, -0.25) is 14.5 Å². The minimum Gasteiger partial charge on any atom is -0.497 e. The minimum atomic E-state index is -4.64. The van der Waals surface area contributed by atoms with Crippen LogP contribution in [0, 0.1) is 0 Å². The zero-order valence-electron chi connectivity index (χ0n) is 29.1. The maximum Gasteiger partial charge on any atom is 0.282 e. The molecule has 2 fully saturated rings. The third-order valence-electron chi connectivity index (χ3n) is 9.83. The molecule has 0 spiro atoms. The molecular formula is C36H44N4O9S. The fourth-order valence-electron chi connectivity index (χ4n) is 7.16. The normalized spacial score (nSPS) is 21.5. The van der Waals surface area contributed by atoms with Crippen molar-refractivity contribution in [1.82, 2.24) is 14.7 Å². The van der Waals surface area contributed by atoms with Crippen LogP contribution in [0.3, 0.4) is 0 Å². The van der Waals surface area contributed by atoms with Gasteiger partial charge >= 0.3 is 0 Å². The molecule has 0 aliphatic carbocycles. The zero-order chi connectivity index (χ0) is 35.6.